The second-order valence-electron chi connectivity index (χ2n) is 6.48. The molecule has 0 aliphatic heterocycles. The molecule has 3 rings (SSSR count). The Morgan fingerprint density at radius 3 is 2.48 bits per heavy atom. The van der Waals surface area contributed by atoms with Crippen molar-refractivity contribution in [3.63, 3.8) is 0 Å². The highest BCUT2D eigenvalue weighted by Crippen LogP contribution is 2.38. The van der Waals surface area contributed by atoms with Crippen LogP contribution in [0.25, 0.3) is 0 Å². The molecule has 2 N–H and O–H groups in total. The minimum absolute atomic E-state index is 0. The van der Waals surface area contributed by atoms with Crippen LogP contribution in [0.3, 0.4) is 0 Å². The Morgan fingerprint density at radius 2 is 1.90 bits per heavy atom. The maximum absolute atomic E-state index is 6.25. The molecule has 5 heteroatoms. The van der Waals surface area contributed by atoms with Crippen LogP contribution in [-0.2, 0) is 17.4 Å². The summed E-state index contributed by atoms with van der Waals surface area (Å²) in [6.45, 7) is 4.25. The average Bonchev–Trinajstić information content (AvgIpc) is 2.87. The molecular formula is C16H22ClN3O. The molecule has 4 nitrogen and oxygen atoms in total. The number of hydrogen-bond donors (Lipinski definition) is 1. The topological polar surface area (TPSA) is 64.9 Å². The minimum Gasteiger partial charge on any atom is -0.339 e. The molecule has 1 heterocycles. The largest absolute Gasteiger partial charge is 0.339 e. The van der Waals surface area contributed by atoms with Crippen LogP contribution in [0.4, 0.5) is 0 Å². The molecule has 21 heavy (non-hydrogen) atoms. The fourth-order valence-corrected chi connectivity index (χ4v) is 2.66. The van der Waals surface area contributed by atoms with Crippen molar-refractivity contribution in [3.05, 3.63) is 47.6 Å². The first-order chi connectivity index (χ1) is 9.50. The lowest BCUT2D eigenvalue weighted by Crippen LogP contribution is -2.44. The van der Waals surface area contributed by atoms with E-state index < -0.39 is 0 Å². The third kappa shape index (κ3) is 3.11. The van der Waals surface area contributed by atoms with E-state index in [0.717, 1.165) is 25.7 Å². The lowest BCUT2D eigenvalue weighted by Gasteiger charge is -2.34. The molecule has 2 aromatic rings. The summed E-state index contributed by atoms with van der Waals surface area (Å²) in [7, 11) is 0. The fourth-order valence-electron chi connectivity index (χ4n) is 2.66. The van der Waals surface area contributed by atoms with Crippen molar-refractivity contribution < 1.29 is 4.52 Å². The standard InChI is InChI=1S/C16H21N3O.ClH/c1-15(2,11-12-7-4-3-5-8-12)14-18-13(19-20-14)16(17)9-6-10-16;/h3-5,7-8H,6,9-11,17H2,1-2H3;1H. The Labute approximate surface area is 131 Å². The van der Waals surface area contributed by atoms with Crippen molar-refractivity contribution >= 4 is 12.4 Å². The first-order valence-electron chi connectivity index (χ1n) is 7.17. The third-order valence-corrected chi connectivity index (χ3v) is 4.18. The second kappa shape index (κ2) is 5.78. The molecule has 1 aliphatic carbocycles. The maximum Gasteiger partial charge on any atom is 0.232 e. The SMILES string of the molecule is CC(C)(Cc1ccccc1)c1nc(C2(N)CCC2)no1.Cl. The van der Waals surface area contributed by atoms with Crippen LogP contribution in [0.5, 0.6) is 0 Å². The summed E-state index contributed by atoms with van der Waals surface area (Å²) in [6.07, 6.45) is 3.91. The normalized spacial score (nSPS) is 16.9. The molecule has 0 saturated heterocycles. The summed E-state index contributed by atoms with van der Waals surface area (Å²) in [4.78, 5) is 4.57. The van der Waals surface area contributed by atoms with Gasteiger partial charge in [-0.15, -0.1) is 12.4 Å². The maximum atomic E-state index is 6.25. The van der Waals surface area contributed by atoms with E-state index in [1.54, 1.807) is 0 Å². The summed E-state index contributed by atoms with van der Waals surface area (Å²) in [5.74, 6) is 1.34. The Balaban J connectivity index is 0.00000161. The number of rotatable bonds is 4. The van der Waals surface area contributed by atoms with Crippen molar-refractivity contribution in [2.45, 2.75) is 50.5 Å². The van der Waals surface area contributed by atoms with Crippen molar-refractivity contribution in [1.29, 1.82) is 0 Å². The van der Waals surface area contributed by atoms with Gasteiger partial charge in [-0.2, -0.15) is 4.98 Å². The lowest BCUT2D eigenvalue weighted by atomic mass is 9.77. The number of aromatic nitrogens is 2. The fraction of sp³-hybridized carbons (Fsp3) is 0.500. The Hall–Kier alpha value is -1.39. The molecule has 1 fully saturated rings. The zero-order valence-corrected chi connectivity index (χ0v) is 13.3. The van der Waals surface area contributed by atoms with Gasteiger partial charge in [-0.1, -0.05) is 49.3 Å². The van der Waals surface area contributed by atoms with E-state index in [0.29, 0.717) is 11.7 Å². The van der Waals surface area contributed by atoms with Gasteiger partial charge in [-0.25, -0.2) is 0 Å². The Kier molecular flexibility index (Phi) is 4.40. The van der Waals surface area contributed by atoms with Gasteiger partial charge in [0.05, 0.1) is 5.54 Å². The van der Waals surface area contributed by atoms with Crippen LogP contribution >= 0.6 is 12.4 Å². The van der Waals surface area contributed by atoms with Crippen LogP contribution in [-0.4, -0.2) is 10.1 Å². The first-order valence-corrected chi connectivity index (χ1v) is 7.17. The second-order valence-corrected chi connectivity index (χ2v) is 6.48. The predicted molar refractivity (Wildman–Crippen MR) is 84.4 cm³/mol. The number of nitrogens with two attached hydrogens (primary N) is 1. The van der Waals surface area contributed by atoms with Crippen molar-refractivity contribution in [1.82, 2.24) is 10.1 Å². The average molecular weight is 308 g/mol. The summed E-state index contributed by atoms with van der Waals surface area (Å²) >= 11 is 0. The summed E-state index contributed by atoms with van der Waals surface area (Å²) in [5, 5.41) is 4.11. The van der Waals surface area contributed by atoms with Gasteiger partial charge in [0.25, 0.3) is 0 Å². The van der Waals surface area contributed by atoms with E-state index in [1.807, 2.05) is 18.2 Å². The van der Waals surface area contributed by atoms with Crippen LogP contribution in [0.15, 0.2) is 34.9 Å². The van der Waals surface area contributed by atoms with Gasteiger partial charge in [-0.05, 0) is 31.2 Å². The predicted octanol–water partition coefficient (Wildman–Crippen LogP) is 3.35. The molecule has 0 spiro atoms. The molecule has 0 amide bonds. The van der Waals surface area contributed by atoms with Crippen molar-refractivity contribution in [2.24, 2.45) is 5.73 Å². The quantitative estimate of drug-likeness (QED) is 0.940. The molecule has 114 valence electrons. The molecule has 0 atom stereocenters. The van der Waals surface area contributed by atoms with Crippen molar-refractivity contribution in [3.8, 4) is 0 Å². The van der Waals surface area contributed by atoms with E-state index in [2.05, 4.69) is 36.1 Å². The number of nitrogens with zero attached hydrogens (tertiary/aromatic N) is 2. The van der Waals surface area contributed by atoms with Gasteiger partial charge < -0.3 is 10.3 Å². The van der Waals surface area contributed by atoms with E-state index in [4.69, 9.17) is 10.3 Å². The smallest absolute Gasteiger partial charge is 0.232 e. The minimum atomic E-state index is -0.357. The zero-order chi connectivity index (χ0) is 14.2. The van der Waals surface area contributed by atoms with Crippen molar-refractivity contribution in [2.75, 3.05) is 0 Å². The molecule has 0 unspecified atom stereocenters. The number of benzene rings is 1. The third-order valence-electron chi connectivity index (χ3n) is 4.18. The van der Waals surface area contributed by atoms with E-state index in [9.17, 15) is 0 Å². The summed E-state index contributed by atoms with van der Waals surface area (Å²) in [6, 6.07) is 10.4. The van der Waals surface area contributed by atoms with Gasteiger partial charge in [0.15, 0.2) is 5.82 Å². The van der Waals surface area contributed by atoms with Gasteiger partial charge >= 0.3 is 0 Å². The van der Waals surface area contributed by atoms with Crippen LogP contribution in [0, 0.1) is 0 Å². The van der Waals surface area contributed by atoms with E-state index >= 15 is 0 Å². The highest BCUT2D eigenvalue weighted by Gasteiger charge is 2.40. The Bertz CT molecular complexity index is 591. The summed E-state index contributed by atoms with van der Waals surface area (Å²) < 4.78 is 5.48. The van der Waals surface area contributed by atoms with Gasteiger partial charge in [0.2, 0.25) is 5.89 Å². The van der Waals surface area contributed by atoms with E-state index in [1.165, 1.54) is 5.56 Å². The van der Waals surface area contributed by atoms with E-state index in [-0.39, 0.29) is 23.4 Å². The molecule has 1 aromatic heterocycles. The van der Waals surface area contributed by atoms with Gasteiger partial charge in [0.1, 0.15) is 0 Å². The highest BCUT2D eigenvalue weighted by atomic mass is 35.5. The van der Waals surface area contributed by atoms with Crippen LogP contribution in [0.1, 0.15) is 50.4 Å². The molecule has 1 aromatic carbocycles. The Morgan fingerprint density at radius 1 is 1.24 bits per heavy atom. The van der Waals surface area contributed by atoms with Crippen LogP contribution in [0.2, 0.25) is 0 Å². The molecular weight excluding hydrogens is 286 g/mol. The highest BCUT2D eigenvalue weighted by molar-refractivity contribution is 5.85. The molecule has 1 saturated carbocycles. The first kappa shape index (κ1) is 16.0. The summed E-state index contributed by atoms with van der Waals surface area (Å²) in [5.41, 5.74) is 6.97. The molecule has 0 bridgehead atoms. The van der Waals surface area contributed by atoms with Gasteiger partial charge in [-0.3, -0.25) is 0 Å². The zero-order valence-electron chi connectivity index (χ0n) is 12.5. The van der Waals surface area contributed by atoms with Crippen LogP contribution < -0.4 is 5.73 Å². The molecule has 0 radical (unpaired) electrons. The lowest BCUT2D eigenvalue weighted by molar-refractivity contribution is 0.227. The monoisotopic (exact) mass is 307 g/mol. The molecule has 1 aliphatic rings. The number of hydrogen-bond acceptors (Lipinski definition) is 4. The van der Waals surface area contributed by atoms with Gasteiger partial charge in [0, 0.05) is 5.41 Å². The number of halogens is 1.